The molecule has 0 unspecified atom stereocenters. The zero-order valence-corrected chi connectivity index (χ0v) is 18.6. The van der Waals surface area contributed by atoms with Crippen molar-refractivity contribution in [3.8, 4) is 5.75 Å². The van der Waals surface area contributed by atoms with Crippen molar-refractivity contribution in [3.05, 3.63) is 98.2 Å². The number of halogens is 2. The third-order valence-corrected chi connectivity index (χ3v) is 5.83. The molecular formula is C23H16FIN2O2S. The summed E-state index contributed by atoms with van der Waals surface area (Å²) in [6.45, 7) is 0.499. The summed E-state index contributed by atoms with van der Waals surface area (Å²) in [6.07, 6.45) is 1.80. The molecule has 30 heavy (non-hydrogen) atoms. The number of hydrogen-bond acceptors (Lipinski definition) is 4. The summed E-state index contributed by atoms with van der Waals surface area (Å²) >= 11 is 3.52. The summed E-state index contributed by atoms with van der Waals surface area (Å²) < 4.78 is 20.0. The molecule has 4 nitrogen and oxygen atoms in total. The van der Waals surface area contributed by atoms with Crippen molar-refractivity contribution in [1.82, 2.24) is 5.32 Å². The Kier molecular flexibility index (Phi) is 6.49. The van der Waals surface area contributed by atoms with E-state index >= 15 is 0 Å². The number of rotatable bonds is 5. The number of amidine groups is 1. The molecule has 3 aromatic rings. The van der Waals surface area contributed by atoms with Crippen molar-refractivity contribution in [2.75, 3.05) is 0 Å². The predicted octanol–water partition coefficient (Wildman–Crippen LogP) is 5.90. The number of aliphatic imine (C=N–C) groups is 1. The van der Waals surface area contributed by atoms with E-state index in [1.54, 1.807) is 18.2 Å². The summed E-state index contributed by atoms with van der Waals surface area (Å²) in [6, 6.07) is 21.5. The number of carbonyl (C=O) groups is 1. The van der Waals surface area contributed by atoms with Crippen molar-refractivity contribution >= 4 is 57.2 Å². The summed E-state index contributed by atoms with van der Waals surface area (Å²) in [4.78, 5) is 17.1. The number of ether oxygens (including phenoxy) is 1. The Morgan fingerprint density at radius 2 is 1.70 bits per heavy atom. The molecule has 0 radical (unpaired) electrons. The van der Waals surface area contributed by atoms with Gasteiger partial charge < -0.3 is 10.1 Å². The highest BCUT2D eigenvalue weighted by Crippen LogP contribution is 2.28. The lowest BCUT2D eigenvalue weighted by molar-refractivity contribution is -0.115. The lowest BCUT2D eigenvalue weighted by Crippen LogP contribution is -2.19. The number of hydrogen-bond donors (Lipinski definition) is 1. The monoisotopic (exact) mass is 530 g/mol. The highest BCUT2D eigenvalue weighted by Gasteiger charge is 2.23. The Hall–Kier alpha value is -2.65. The molecule has 0 saturated carbocycles. The third kappa shape index (κ3) is 5.48. The van der Waals surface area contributed by atoms with Crippen LogP contribution in [0.4, 0.5) is 10.1 Å². The first-order valence-electron chi connectivity index (χ1n) is 9.08. The first-order chi connectivity index (χ1) is 14.5. The Morgan fingerprint density at radius 3 is 2.40 bits per heavy atom. The van der Waals surface area contributed by atoms with Crippen LogP contribution in [0.2, 0.25) is 0 Å². The topological polar surface area (TPSA) is 50.7 Å². The molecule has 1 saturated heterocycles. The molecule has 1 N–H and O–H groups in total. The molecule has 0 bridgehead atoms. The smallest absolute Gasteiger partial charge is 0.264 e. The summed E-state index contributed by atoms with van der Waals surface area (Å²) in [7, 11) is 0. The van der Waals surface area contributed by atoms with Gasteiger partial charge in [0.2, 0.25) is 0 Å². The van der Waals surface area contributed by atoms with E-state index in [2.05, 4.69) is 32.9 Å². The van der Waals surface area contributed by atoms with Gasteiger partial charge in [-0.05, 0) is 100 Å². The molecule has 1 aliphatic heterocycles. The Morgan fingerprint density at radius 1 is 1.00 bits per heavy atom. The molecule has 0 atom stereocenters. The fraction of sp³-hybridized carbons (Fsp3) is 0.0435. The molecule has 4 rings (SSSR count). The standard InChI is InChI=1S/C23H16FIN2O2S/c24-17-5-9-19(10-6-17)26-23-27-22(28)21(30-23)13-15-3-11-20(12-4-15)29-14-16-1-7-18(25)8-2-16/h1-13H,14H2,(H,26,27,28)/b21-13-. The average Bonchev–Trinajstić information content (AvgIpc) is 3.09. The van der Waals surface area contributed by atoms with E-state index in [-0.39, 0.29) is 11.7 Å². The van der Waals surface area contributed by atoms with E-state index in [1.165, 1.54) is 27.5 Å². The van der Waals surface area contributed by atoms with Gasteiger partial charge in [-0.15, -0.1) is 0 Å². The van der Waals surface area contributed by atoms with Crippen LogP contribution in [0.15, 0.2) is 82.7 Å². The van der Waals surface area contributed by atoms with Crippen LogP contribution in [0.3, 0.4) is 0 Å². The Balaban J connectivity index is 1.39. The van der Waals surface area contributed by atoms with E-state index in [4.69, 9.17) is 4.74 Å². The predicted molar refractivity (Wildman–Crippen MR) is 127 cm³/mol. The van der Waals surface area contributed by atoms with Crippen molar-refractivity contribution in [1.29, 1.82) is 0 Å². The van der Waals surface area contributed by atoms with Crippen LogP contribution in [0.25, 0.3) is 6.08 Å². The maximum atomic E-state index is 13.0. The van der Waals surface area contributed by atoms with Gasteiger partial charge in [0, 0.05) is 3.57 Å². The zero-order chi connectivity index (χ0) is 20.9. The number of amides is 1. The number of nitrogens with one attached hydrogen (secondary N) is 1. The maximum absolute atomic E-state index is 13.0. The molecule has 0 spiro atoms. The lowest BCUT2D eigenvalue weighted by atomic mass is 10.2. The van der Waals surface area contributed by atoms with Crippen LogP contribution in [-0.2, 0) is 11.4 Å². The van der Waals surface area contributed by atoms with Gasteiger partial charge in [-0.2, -0.15) is 0 Å². The van der Waals surface area contributed by atoms with Crippen molar-refractivity contribution < 1.29 is 13.9 Å². The van der Waals surface area contributed by atoms with Crippen LogP contribution in [0, 0.1) is 9.39 Å². The first kappa shape index (κ1) is 20.6. The fourth-order valence-corrected chi connectivity index (χ4v) is 3.87. The minimum Gasteiger partial charge on any atom is -0.489 e. The summed E-state index contributed by atoms with van der Waals surface area (Å²) in [5.41, 5.74) is 2.57. The second-order valence-electron chi connectivity index (χ2n) is 6.44. The largest absolute Gasteiger partial charge is 0.489 e. The molecule has 150 valence electrons. The number of thioether (sulfide) groups is 1. The molecule has 0 aromatic heterocycles. The van der Waals surface area contributed by atoms with Crippen molar-refractivity contribution in [2.24, 2.45) is 4.99 Å². The number of benzene rings is 3. The van der Waals surface area contributed by atoms with Crippen LogP contribution in [0.1, 0.15) is 11.1 Å². The summed E-state index contributed by atoms with van der Waals surface area (Å²) in [5.74, 6) is 0.228. The Labute approximate surface area is 191 Å². The fourth-order valence-electron chi connectivity index (χ4n) is 2.67. The highest BCUT2D eigenvalue weighted by atomic mass is 127. The van der Waals surface area contributed by atoms with Crippen LogP contribution in [-0.4, -0.2) is 11.1 Å². The Bertz CT molecular complexity index is 1110. The van der Waals surface area contributed by atoms with E-state index < -0.39 is 0 Å². The van der Waals surface area contributed by atoms with Crippen LogP contribution in [0.5, 0.6) is 5.75 Å². The number of carbonyl (C=O) groups excluding carboxylic acids is 1. The number of nitrogens with zero attached hydrogens (tertiary/aromatic N) is 1. The molecule has 3 aromatic carbocycles. The lowest BCUT2D eigenvalue weighted by Gasteiger charge is -2.07. The van der Waals surface area contributed by atoms with Gasteiger partial charge in [-0.3, -0.25) is 4.79 Å². The normalized spacial score (nSPS) is 16.1. The zero-order valence-electron chi connectivity index (χ0n) is 15.6. The van der Waals surface area contributed by atoms with Gasteiger partial charge >= 0.3 is 0 Å². The second kappa shape index (κ2) is 9.44. The molecular weight excluding hydrogens is 514 g/mol. The minimum atomic E-state index is -0.325. The molecule has 1 fully saturated rings. The second-order valence-corrected chi connectivity index (χ2v) is 8.72. The van der Waals surface area contributed by atoms with E-state index in [0.29, 0.717) is 22.4 Å². The van der Waals surface area contributed by atoms with Gasteiger partial charge in [-0.25, -0.2) is 9.38 Å². The highest BCUT2D eigenvalue weighted by molar-refractivity contribution is 14.1. The van der Waals surface area contributed by atoms with Crippen molar-refractivity contribution in [2.45, 2.75) is 6.61 Å². The summed E-state index contributed by atoms with van der Waals surface area (Å²) in [5, 5.41) is 3.20. The molecule has 0 aliphatic carbocycles. The molecule has 1 aliphatic rings. The van der Waals surface area contributed by atoms with Gasteiger partial charge in [0.15, 0.2) is 5.17 Å². The van der Waals surface area contributed by atoms with E-state index in [0.717, 1.165) is 16.9 Å². The molecule has 1 heterocycles. The van der Waals surface area contributed by atoms with E-state index in [1.807, 2.05) is 48.5 Å². The molecule has 7 heteroatoms. The third-order valence-electron chi connectivity index (χ3n) is 4.20. The van der Waals surface area contributed by atoms with Gasteiger partial charge in [0.05, 0.1) is 10.6 Å². The van der Waals surface area contributed by atoms with Gasteiger partial charge in [0.25, 0.3) is 5.91 Å². The van der Waals surface area contributed by atoms with Crippen molar-refractivity contribution in [3.63, 3.8) is 0 Å². The van der Waals surface area contributed by atoms with Crippen LogP contribution >= 0.6 is 34.4 Å². The minimum absolute atomic E-state index is 0.208. The quantitative estimate of drug-likeness (QED) is 0.330. The average molecular weight is 530 g/mol. The first-order valence-corrected chi connectivity index (χ1v) is 11.0. The SMILES string of the molecule is O=C1NC(=Nc2ccc(F)cc2)S/C1=C\c1ccc(OCc2ccc(I)cc2)cc1. The van der Waals surface area contributed by atoms with Gasteiger partial charge in [-0.1, -0.05) is 24.3 Å². The van der Waals surface area contributed by atoms with Crippen LogP contribution < -0.4 is 10.1 Å². The molecule has 1 amide bonds. The van der Waals surface area contributed by atoms with E-state index in [9.17, 15) is 9.18 Å². The van der Waals surface area contributed by atoms with Gasteiger partial charge in [0.1, 0.15) is 18.2 Å². The maximum Gasteiger partial charge on any atom is 0.264 e.